The van der Waals surface area contributed by atoms with Gasteiger partial charge in [0.1, 0.15) is 0 Å². The van der Waals surface area contributed by atoms with Gasteiger partial charge in [-0.05, 0) is 12.1 Å². The van der Waals surface area contributed by atoms with Crippen molar-refractivity contribution < 1.29 is 19.8 Å². The molecule has 5 heteroatoms. The third-order valence-electron chi connectivity index (χ3n) is 2.76. The van der Waals surface area contributed by atoms with Crippen LogP contribution in [-0.2, 0) is 0 Å². The highest BCUT2D eigenvalue weighted by Crippen LogP contribution is 2.27. The average Bonchev–Trinajstić information content (AvgIpc) is 2.48. The van der Waals surface area contributed by atoms with Gasteiger partial charge in [0.05, 0.1) is 12.1 Å². The first-order valence-electron chi connectivity index (χ1n) is 5.97. The van der Waals surface area contributed by atoms with E-state index in [0.717, 1.165) is 0 Å². The van der Waals surface area contributed by atoms with Crippen molar-refractivity contribution in [2.45, 2.75) is 0 Å². The quantitative estimate of drug-likeness (QED) is 0.583. The molecule has 0 aliphatic rings. The van der Waals surface area contributed by atoms with Crippen LogP contribution in [0.5, 0.6) is 11.5 Å². The minimum absolute atomic E-state index is 0.0779. The van der Waals surface area contributed by atoms with E-state index in [4.69, 9.17) is 0 Å². The van der Waals surface area contributed by atoms with E-state index < -0.39 is 11.7 Å². The highest BCUT2D eigenvalue weighted by Gasteiger charge is 2.15. The fourth-order valence-corrected chi connectivity index (χ4v) is 1.70. The van der Waals surface area contributed by atoms with Crippen molar-refractivity contribution in [1.29, 1.82) is 0 Å². The van der Waals surface area contributed by atoms with Crippen molar-refractivity contribution in [2.24, 2.45) is 0 Å². The van der Waals surface area contributed by atoms with Gasteiger partial charge in [-0.2, -0.15) is 0 Å². The molecule has 0 saturated heterocycles. The number of benzene rings is 2. The molecule has 0 fully saturated rings. The summed E-state index contributed by atoms with van der Waals surface area (Å²) in [5, 5.41) is 21.3. The van der Waals surface area contributed by atoms with Gasteiger partial charge < -0.3 is 15.5 Å². The Hall–Kier alpha value is -2.82. The van der Waals surface area contributed by atoms with Crippen LogP contribution in [0.25, 0.3) is 0 Å². The maximum absolute atomic E-state index is 11.8. The lowest BCUT2D eigenvalue weighted by atomic mass is 10.1. The van der Waals surface area contributed by atoms with Crippen LogP contribution in [0.2, 0.25) is 0 Å². The van der Waals surface area contributed by atoms with Crippen LogP contribution in [0, 0.1) is 0 Å². The molecule has 0 aliphatic carbocycles. The highest BCUT2D eigenvalue weighted by atomic mass is 16.3. The summed E-state index contributed by atoms with van der Waals surface area (Å²) in [5.74, 6) is -1.74. The molecule has 0 saturated carbocycles. The molecular formula is C15H13NO4. The fourth-order valence-electron chi connectivity index (χ4n) is 1.70. The largest absolute Gasteiger partial charge is 0.504 e. The average molecular weight is 271 g/mol. The Bertz CT molecular complexity index is 638. The number of carbonyl (C=O) groups excluding carboxylic acids is 2. The van der Waals surface area contributed by atoms with E-state index in [1.807, 2.05) is 0 Å². The minimum Gasteiger partial charge on any atom is -0.504 e. The Labute approximate surface area is 115 Å². The smallest absolute Gasteiger partial charge is 0.255 e. The van der Waals surface area contributed by atoms with Crippen molar-refractivity contribution in [2.75, 3.05) is 6.54 Å². The predicted octanol–water partition coefficient (Wildman–Crippen LogP) is 1.71. The number of hydrogen-bond acceptors (Lipinski definition) is 4. The number of nitrogens with one attached hydrogen (secondary N) is 1. The molecule has 2 rings (SSSR count). The molecule has 102 valence electrons. The van der Waals surface area contributed by atoms with E-state index in [9.17, 15) is 19.8 Å². The molecule has 0 aliphatic heterocycles. The maximum Gasteiger partial charge on any atom is 0.255 e. The van der Waals surface area contributed by atoms with Gasteiger partial charge in [0.2, 0.25) is 0 Å². The van der Waals surface area contributed by atoms with Gasteiger partial charge in [0.25, 0.3) is 5.91 Å². The summed E-state index contributed by atoms with van der Waals surface area (Å²) >= 11 is 0. The zero-order valence-electron chi connectivity index (χ0n) is 10.5. The van der Waals surface area contributed by atoms with Crippen LogP contribution >= 0.6 is 0 Å². The predicted molar refractivity (Wildman–Crippen MR) is 72.9 cm³/mol. The zero-order valence-corrected chi connectivity index (χ0v) is 10.5. The molecule has 0 spiro atoms. The lowest BCUT2D eigenvalue weighted by molar-refractivity contribution is 0.0902. The normalized spacial score (nSPS) is 10.0. The zero-order chi connectivity index (χ0) is 14.5. The molecule has 5 nitrogen and oxygen atoms in total. The molecule has 0 aromatic heterocycles. The lowest BCUT2D eigenvalue weighted by Crippen LogP contribution is -2.29. The van der Waals surface area contributed by atoms with Crippen LogP contribution in [0.4, 0.5) is 0 Å². The van der Waals surface area contributed by atoms with Crippen LogP contribution in [-0.4, -0.2) is 28.4 Å². The molecule has 20 heavy (non-hydrogen) atoms. The number of aromatic hydroxyl groups is 2. The standard InChI is InChI=1S/C15H13NO4/c17-12-8-4-7-11(14(12)19)15(20)16-9-13(18)10-5-2-1-3-6-10/h1-8,17,19H,9H2,(H,16,20). The summed E-state index contributed by atoms with van der Waals surface area (Å²) in [7, 11) is 0. The number of phenols is 2. The van der Waals surface area contributed by atoms with Gasteiger partial charge in [-0.15, -0.1) is 0 Å². The van der Waals surface area contributed by atoms with E-state index in [0.29, 0.717) is 5.56 Å². The molecular weight excluding hydrogens is 258 g/mol. The molecule has 3 N–H and O–H groups in total. The number of phenolic OH excluding ortho intramolecular Hbond substituents is 2. The van der Waals surface area contributed by atoms with Crippen molar-refractivity contribution in [3.8, 4) is 11.5 Å². The Morgan fingerprint density at radius 3 is 2.35 bits per heavy atom. The number of ketones is 1. The van der Waals surface area contributed by atoms with Crippen molar-refractivity contribution >= 4 is 11.7 Å². The Morgan fingerprint density at radius 1 is 0.950 bits per heavy atom. The Morgan fingerprint density at radius 2 is 1.65 bits per heavy atom. The van der Waals surface area contributed by atoms with Crippen LogP contribution in [0.1, 0.15) is 20.7 Å². The van der Waals surface area contributed by atoms with E-state index in [1.165, 1.54) is 18.2 Å². The van der Waals surface area contributed by atoms with Gasteiger partial charge in [-0.3, -0.25) is 9.59 Å². The van der Waals surface area contributed by atoms with Gasteiger partial charge in [-0.1, -0.05) is 36.4 Å². The van der Waals surface area contributed by atoms with Crippen LogP contribution in [0.15, 0.2) is 48.5 Å². The van der Waals surface area contributed by atoms with E-state index in [2.05, 4.69) is 5.32 Å². The maximum atomic E-state index is 11.8. The number of amides is 1. The molecule has 0 atom stereocenters. The van der Waals surface area contributed by atoms with Crippen molar-refractivity contribution in [3.05, 3.63) is 59.7 Å². The van der Waals surface area contributed by atoms with Crippen LogP contribution in [0.3, 0.4) is 0 Å². The first-order valence-corrected chi connectivity index (χ1v) is 5.97. The lowest BCUT2D eigenvalue weighted by Gasteiger charge is -2.07. The molecule has 0 unspecified atom stereocenters. The second-order valence-electron chi connectivity index (χ2n) is 4.15. The minimum atomic E-state index is -0.623. The number of para-hydroxylation sites is 1. The van der Waals surface area contributed by atoms with Crippen molar-refractivity contribution in [3.63, 3.8) is 0 Å². The third-order valence-corrected chi connectivity index (χ3v) is 2.76. The highest BCUT2D eigenvalue weighted by molar-refractivity contribution is 6.03. The summed E-state index contributed by atoms with van der Waals surface area (Å²) in [6.45, 7) is -0.183. The summed E-state index contributed by atoms with van der Waals surface area (Å²) in [5.41, 5.74) is 0.416. The number of carbonyl (C=O) groups is 2. The Balaban J connectivity index is 2.03. The summed E-state index contributed by atoms with van der Waals surface area (Å²) in [6, 6.07) is 12.6. The number of hydrogen-bond donors (Lipinski definition) is 3. The first-order chi connectivity index (χ1) is 9.59. The first kappa shape index (κ1) is 13.6. The second-order valence-corrected chi connectivity index (χ2v) is 4.15. The van der Waals surface area contributed by atoms with Gasteiger partial charge in [0.15, 0.2) is 17.3 Å². The molecule has 1 amide bonds. The molecule has 2 aromatic rings. The molecule has 0 bridgehead atoms. The molecule has 0 heterocycles. The fraction of sp³-hybridized carbons (Fsp3) is 0.0667. The van der Waals surface area contributed by atoms with Gasteiger partial charge in [-0.25, -0.2) is 0 Å². The summed E-state index contributed by atoms with van der Waals surface area (Å²) < 4.78 is 0. The van der Waals surface area contributed by atoms with Gasteiger partial charge in [0, 0.05) is 5.56 Å². The van der Waals surface area contributed by atoms with Crippen LogP contribution < -0.4 is 5.32 Å². The van der Waals surface area contributed by atoms with E-state index in [-0.39, 0.29) is 23.6 Å². The molecule has 0 radical (unpaired) electrons. The summed E-state index contributed by atoms with van der Waals surface area (Å²) in [6.07, 6.45) is 0. The van der Waals surface area contributed by atoms with E-state index in [1.54, 1.807) is 30.3 Å². The van der Waals surface area contributed by atoms with E-state index >= 15 is 0 Å². The second kappa shape index (κ2) is 5.88. The number of rotatable bonds is 4. The van der Waals surface area contributed by atoms with Crippen molar-refractivity contribution in [1.82, 2.24) is 5.32 Å². The van der Waals surface area contributed by atoms with Gasteiger partial charge >= 0.3 is 0 Å². The SMILES string of the molecule is O=C(CNC(=O)c1cccc(O)c1O)c1ccccc1. The topological polar surface area (TPSA) is 86.6 Å². The monoisotopic (exact) mass is 271 g/mol. The Kier molecular flexibility index (Phi) is 4.00. The number of Topliss-reactive ketones (excluding diaryl/α,β-unsaturated/α-hetero) is 1. The molecule has 2 aromatic carbocycles. The summed E-state index contributed by atoms with van der Waals surface area (Å²) in [4.78, 5) is 23.6. The third kappa shape index (κ3) is 2.95.